The minimum absolute atomic E-state index is 0.209. The number of carbonyl (C=O) groups excluding carboxylic acids is 2. The average molecular weight is 232 g/mol. The van der Waals surface area contributed by atoms with Gasteiger partial charge in [0.25, 0.3) is 0 Å². The van der Waals surface area contributed by atoms with E-state index in [4.69, 9.17) is 14.2 Å². The fourth-order valence-corrected chi connectivity index (χ4v) is 1.13. The second kappa shape index (κ2) is 8.10. The maximum absolute atomic E-state index is 11.1. The zero-order chi connectivity index (χ0) is 12.6. The molecule has 0 N–H and O–H groups in total. The highest BCUT2D eigenvalue weighted by molar-refractivity contribution is 5.69. The minimum atomic E-state index is -0.339. The Labute approximate surface area is 96.1 Å². The third-order valence-corrected chi connectivity index (χ3v) is 1.74. The van der Waals surface area contributed by atoms with Gasteiger partial charge in [-0.3, -0.25) is 9.59 Å². The lowest BCUT2D eigenvalue weighted by atomic mass is 10.3. The average Bonchev–Trinajstić information content (AvgIpc) is 2.14. The van der Waals surface area contributed by atoms with E-state index in [0.717, 1.165) is 0 Å². The zero-order valence-electron chi connectivity index (χ0n) is 10.3. The van der Waals surface area contributed by atoms with Crippen molar-refractivity contribution in [2.75, 3.05) is 13.2 Å². The molecular weight excluding hydrogens is 212 g/mol. The Kier molecular flexibility index (Phi) is 7.54. The standard InChI is InChI=1S/C11H20O5/c1-5-14-11(13)6-8(2)15-7-9(3)16-10(4)12/h8-9H,5-7H2,1-4H3. The van der Waals surface area contributed by atoms with E-state index in [1.54, 1.807) is 20.8 Å². The molecule has 0 rings (SSSR count). The smallest absolute Gasteiger partial charge is 0.308 e. The van der Waals surface area contributed by atoms with Gasteiger partial charge in [0.2, 0.25) is 0 Å². The molecule has 0 saturated carbocycles. The van der Waals surface area contributed by atoms with Crippen LogP contribution in [0.4, 0.5) is 0 Å². The largest absolute Gasteiger partial charge is 0.466 e. The van der Waals surface area contributed by atoms with Crippen molar-refractivity contribution >= 4 is 11.9 Å². The molecule has 2 atom stereocenters. The number of ether oxygens (including phenoxy) is 3. The van der Waals surface area contributed by atoms with E-state index in [0.29, 0.717) is 6.61 Å². The SMILES string of the molecule is CCOC(=O)CC(C)OCC(C)OC(C)=O. The lowest BCUT2D eigenvalue weighted by molar-refractivity contribution is -0.152. The number of carbonyl (C=O) groups is 2. The molecule has 0 aromatic carbocycles. The molecule has 0 aliphatic rings. The van der Waals surface area contributed by atoms with Crippen LogP contribution < -0.4 is 0 Å². The molecular formula is C11H20O5. The van der Waals surface area contributed by atoms with Crippen molar-refractivity contribution in [3.8, 4) is 0 Å². The summed E-state index contributed by atoms with van der Waals surface area (Å²) in [6.07, 6.45) is -0.333. The summed E-state index contributed by atoms with van der Waals surface area (Å²) in [6.45, 7) is 7.26. The van der Waals surface area contributed by atoms with Gasteiger partial charge in [-0.15, -0.1) is 0 Å². The first kappa shape index (κ1) is 14.9. The van der Waals surface area contributed by atoms with E-state index in [1.165, 1.54) is 6.92 Å². The van der Waals surface area contributed by atoms with E-state index in [9.17, 15) is 9.59 Å². The zero-order valence-corrected chi connectivity index (χ0v) is 10.3. The number of rotatable bonds is 7. The first-order valence-corrected chi connectivity index (χ1v) is 5.40. The van der Waals surface area contributed by atoms with Gasteiger partial charge in [-0.2, -0.15) is 0 Å². The fraction of sp³-hybridized carbons (Fsp3) is 0.818. The van der Waals surface area contributed by atoms with Crippen LogP contribution in [0.3, 0.4) is 0 Å². The molecule has 94 valence electrons. The molecule has 0 aromatic rings. The molecule has 0 saturated heterocycles. The topological polar surface area (TPSA) is 61.8 Å². The summed E-state index contributed by atoms with van der Waals surface area (Å²) in [5, 5.41) is 0. The quantitative estimate of drug-likeness (QED) is 0.619. The molecule has 5 nitrogen and oxygen atoms in total. The van der Waals surface area contributed by atoms with Crippen molar-refractivity contribution in [3.05, 3.63) is 0 Å². The second-order valence-corrected chi connectivity index (χ2v) is 3.57. The molecule has 0 aliphatic heterocycles. The van der Waals surface area contributed by atoms with Crippen LogP contribution in [-0.2, 0) is 23.8 Å². The molecule has 0 fully saturated rings. The Bertz CT molecular complexity index is 226. The van der Waals surface area contributed by atoms with Gasteiger partial charge < -0.3 is 14.2 Å². The van der Waals surface area contributed by atoms with E-state index in [1.807, 2.05) is 0 Å². The van der Waals surface area contributed by atoms with Gasteiger partial charge in [0.05, 0.1) is 25.7 Å². The molecule has 0 amide bonds. The van der Waals surface area contributed by atoms with Crippen LogP contribution in [0.15, 0.2) is 0 Å². The van der Waals surface area contributed by atoms with Crippen LogP contribution in [0.5, 0.6) is 0 Å². The van der Waals surface area contributed by atoms with Crippen LogP contribution in [0, 0.1) is 0 Å². The highest BCUT2D eigenvalue weighted by Crippen LogP contribution is 2.02. The maximum atomic E-state index is 11.1. The third-order valence-electron chi connectivity index (χ3n) is 1.74. The molecule has 0 heterocycles. The Morgan fingerprint density at radius 2 is 1.81 bits per heavy atom. The summed E-state index contributed by atoms with van der Waals surface area (Å²) >= 11 is 0. The maximum Gasteiger partial charge on any atom is 0.308 e. The Balaban J connectivity index is 3.67. The molecule has 0 bridgehead atoms. The predicted octanol–water partition coefficient (Wildman–Crippen LogP) is 1.30. The van der Waals surface area contributed by atoms with Crippen LogP contribution in [0.1, 0.15) is 34.1 Å². The Hall–Kier alpha value is -1.10. The fourth-order valence-electron chi connectivity index (χ4n) is 1.13. The van der Waals surface area contributed by atoms with Crippen LogP contribution in [0.25, 0.3) is 0 Å². The Morgan fingerprint density at radius 1 is 1.19 bits per heavy atom. The van der Waals surface area contributed by atoms with Gasteiger partial charge in [-0.05, 0) is 20.8 Å². The van der Waals surface area contributed by atoms with Gasteiger partial charge in [-0.25, -0.2) is 0 Å². The van der Waals surface area contributed by atoms with E-state index in [2.05, 4.69) is 0 Å². The van der Waals surface area contributed by atoms with E-state index >= 15 is 0 Å². The summed E-state index contributed by atoms with van der Waals surface area (Å²) in [6, 6.07) is 0. The summed E-state index contributed by atoms with van der Waals surface area (Å²) < 4.78 is 15.0. The van der Waals surface area contributed by atoms with Crippen molar-refractivity contribution in [1.29, 1.82) is 0 Å². The second-order valence-electron chi connectivity index (χ2n) is 3.57. The van der Waals surface area contributed by atoms with Crippen molar-refractivity contribution in [2.45, 2.75) is 46.3 Å². The summed E-state index contributed by atoms with van der Waals surface area (Å²) in [5.74, 6) is -0.621. The van der Waals surface area contributed by atoms with Crippen molar-refractivity contribution < 1.29 is 23.8 Å². The lowest BCUT2D eigenvalue weighted by Crippen LogP contribution is -2.24. The number of esters is 2. The van der Waals surface area contributed by atoms with E-state index in [-0.39, 0.29) is 37.2 Å². The first-order chi connectivity index (χ1) is 7.45. The molecule has 5 heteroatoms. The van der Waals surface area contributed by atoms with Crippen LogP contribution >= 0.6 is 0 Å². The van der Waals surface area contributed by atoms with Crippen molar-refractivity contribution in [1.82, 2.24) is 0 Å². The third kappa shape index (κ3) is 8.23. The number of hydrogen-bond donors (Lipinski definition) is 0. The van der Waals surface area contributed by atoms with Gasteiger partial charge in [0.1, 0.15) is 6.10 Å². The van der Waals surface area contributed by atoms with Crippen LogP contribution in [-0.4, -0.2) is 37.4 Å². The van der Waals surface area contributed by atoms with Gasteiger partial charge >= 0.3 is 11.9 Å². The molecule has 0 aliphatic carbocycles. The molecule has 0 spiro atoms. The highest BCUT2D eigenvalue weighted by Gasteiger charge is 2.12. The number of hydrogen-bond acceptors (Lipinski definition) is 5. The summed E-state index contributed by atoms with van der Waals surface area (Å²) in [4.78, 5) is 21.7. The normalized spacial score (nSPS) is 14.0. The van der Waals surface area contributed by atoms with Gasteiger partial charge in [0.15, 0.2) is 0 Å². The monoisotopic (exact) mass is 232 g/mol. The van der Waals surface area contributed by atoms with E-state index < -0.39 is 0 Å². The molecule has 2 unspecified atom stereocenters. The van der Waals surface area contributed by atoms with Crippen molar-refractivity contribution in [3.63, 3.8) is 0 Å². The van der Waals surface area contributed by atoms with Gasteiger partial charge in [-0.1, -0.05) is 0 Å². The molecule has 0 radical (unpaired) electrons. The lowest BCUT2D eigenvalue weighted by Gasteiger charge is -2.16. The molecule has 0 aromatic heterocycles. The highest BCUT2D eigenvalue weighted by atomic mass is 16.6. The summed E-state index contributed by atoms with van der Waals surface area (Å²) in [7, 11) is 0. The first-order valence-electron chi connectivity index (χ1n) is 5.40. The van der Waals surface area contributed by atoms with Crippen LogP contribution in [0.2, 0.25) is 0 Å². The minimum Gasteiger partial charge on any atom is -0.466 e. The Morgan fingerprint density at radius 3 is 2.31 bits per heavy atom. The molecule has 16 heavy (non-hydrogen) atoms. The predicted molar refractivity (Wildman–Crippen MR) is 57.9 cm³/mol. The van der Waals surface area contributed by atoms with Crippen molar-refractivity contribution in [2.24, 2.45) is 0 Å². The van der Waals surface area contributed by atoms with Gasteiger partial charge in [0, 0.05) is 6.92 Å². The summed E-state index contributed by atoms with van der Waals surface area (Å²) in [5.41, 5.74) is 0.